The number of carbonyl (C=O) groups excluding carboxylic acids is 8. The van der Waals surface area contributed by atoms with Crippen LogP contribution < -0.4 is 48.3 Å². The number of carboxylic acids is 1. The second-order valence-electron chi connectivity index (χ2n) is 18.6. The van der Waals surface area contributed by atoms with Gasteiger partial charge in [-0.05, 0) is 54.6 Å². The van der Waals surface area contributed by atoms with E-state index in [1.54, 1.807) is 95.3 Å². The van der Waals surface area contributed by atoms with E-state index in [2.05, 4.69) is 42.5 Å². The zero-order chi connectivity index (χ0) is 52.0. The Morgan fingerprint density at radius 1 is 0.507 bits per heavy atom. The number of amides is 8. The van der Waals surface area contributed by atoms with Gasteiger partial charge in [-0.1, -0.05) is 122 Å². The summed E-state index contributed by atoms with van der Waals surface area (Å²) in [5, 5.41) is 41.1. The maximum absolute atomic E-state index is 14.3. The number of nitrogens with two attached hydrogens (primary N) is 1. The molecule has 2 aromatic carbocycles. The van der Waals surface area contributed by atoms with Gasteiger partial charge in [0.05, 0.1) is 19.2 Å². The first-order valence-corrected chi connectivity index (χ1v) is 23.5. The molecule has 0 fully saturated rings. The zero-order valence-electron chi connectivity index (χ0n) is 41.3. The normalized spacial score (nSPS) is 15.2. The number of hydrogen-bond acceptors (Lipinski definition) is 11. The van der Waals surface area contributed by atoms with Crippen molar-refractivity contribution in [3.8, 4) is 0 Å². The fourth-order valence-electron chi connectivity index (χ4n) is 7.21. The average Bonchev–Trinajstić information content (AvgIpc) is 3.29. The summed E-state index contributed by atoms with van der Waals surface area (Å²) in [6.07, 6.45) is -0.821. The van der Waals surface area contributed by atoms with Gasteiger partial charge in [0.25, 0.3) is 0 Å². The fraction of sp³-hybridized carbons (Fsp3) is 0.571. The lowest BCUT2D eigenvalue weighted by Crippen LogP contribution is -2.62. The predicted octanol–water partition coefficient (Wildman–Crippen LogP) is 0.200. The molecular formula is C49H75N9O11. The van der Waals surface area contributed by atoms with Crippen molar-refractivity contribution >= 4 is 53.2 Å². The van der Waals surface area contributed by atoms with Crippen LogP contribution in [-0.2, 0) is 56.0 Å². The molecule has 0 heterocycles. The van der Waals surface area contributed by atoms with Gasteiger partial charge in [-0.15, -0.1) is 0 Å². The Hall–Kier alpha value is -6.41. The predicted molar refractivity (Wildman–Crippen MR) is 258 cm³/mol. The molecule has 0 bridgehead atoms. The van der Waals surface area contributed by atoms with E-state index in [1.165, 1.54) is 6.92 Å². The summed E-state index contributed by atoms with van der Waals surface area (Å²) in [6, 6.07) is 8.44. The lowest BCUT2D eigenvalue weighted by Gasteiger charge is -2.29. The summed E-state index contributed by atoms with van der Waals surface area (Å²) >= 11 is 0. The number of carboxylic acid groups (broad SMARTS) is 1. The molecule has 382 valence electrons. The van der Waals surface area contributed by atoms with Crippen LogP contribution in [0.4, 0.5) is 0 Å². The lowest BCUT2D eigenvalue weighted by atomic mass is 9.98. The summed E-state index contributed by atoms with van der Waals surface area (Å²) in [7, 11) is 0. The standard InChI is InChI=1S/C49H75N9O11/c1-10-30(8)41(56-38(60)25-50)46(65)51-26-39(61)52-34(21-27(2)3)43(62)53-35(23-32-17-13-11-14-18-32)44(63)57-40(29(6)7)47(66)54-36(24-33-19-15-12-16-20-33)45(64)58-42(31(9)59)48(67)55-37(49(68)69)22-28(4)5/h11-20,27-31,34-37,40-42,59H,10,21-26,50H2,1-9H3,(H,51,65)(H,52,61)(H,53,62)(H,54,66)(H,55,67)(H,56,60)(H,57,63)(H,58,64)(H,68,69)/t30-,31+,34-,35-,36-,37-,40-,41-,42-/m0/s1. The van der Waals surface area contributed by atoms with Crippen LogP contribution in [0.15, 0.2) is 60.7 Å². The average molecular weight is 966 g/mol. The minimum Gasteiger partial charge on any atom is -0.480 e. The van der Waals surface area contributed by atoms with E-state index >= 15 is 0 Å². The third kappa shape index (κ3) is 20.8. The molecule has 20 nitrogen and oxygen atoms in total. The summed E-state index contributed by atoms with van der Waals surface area (Å²) in [5.74, 6) is -8.33. The van der Waals surface area contributed by atoms with Crippen molar-refractivity contribution in [2.24, 2.45) is 29.4 Å². The number of aliphatic hydroxyl groups excluding tert-OH is 1. The molecular weight excluding hydrogens is 891 g/mol. The first kappa shape index (κ1) is 58.7. The van der Waals surface area contributed by atoms with Gasteiger partial charge in [-0.2, -0.15) is 0 Å². The largest absolute Gasteiger partial charge is 0.480 e. The van der Waals surface area contributed by atoms with Gasteiger partial charge in [0.1, 0.15) is 42.3 Å². The molecule has 0 radical (unpaired) electrons. The van der Waals surface area contributed by atoms with Gasteiger partial charge in [-0.3, -0.25) is 38.4 Å². The van der Waals surface area contributed by atoms with Crippen molar-refractivity contribution in [1.82, 2.24) is 42.5 Å². The van der Waals surface area contributed by atoms with E-state index in [0.717, 1.165) is 0 Å². The second kappa shape index (κ2) is 29.5. The third-order valence-corrected chi connectivity index (χ3v) is 11.2. The van der Waals surface area contributed by atoms with Crippen LogP contribution in [0.1, 0.15) is 92.7 Å². The van der Waals surface area contributed by atoms with Gasteiger partial charge in [0, 0.05) is 12.8 Å². The third-order valence-electron chi connectivity index (χ3n) is 11.2. The number of nitrogens with one attached hydrogen (secondary N) is 8. The van der Waals surface area contributed by atoms with Crippen LogP contribution in [0.2, 0.25) is 0 Å². The number of hydrogen-bond donors (Lipinski definition) is 11. The van der Waals surface area contributed by atoms with Crippen LogP contribution in [0.5, 0.6) is 0 Å². The minimum atomic E-state index is -1.61. The van der Waals surface area contributed by atoms with Gasteiger partial charge < -0.3 is 58.5 Å². The molecule has 0 saturated heterocycles. The van der Waals surface area contributed by atoms with Crippen molar-refractivity contribution < 1.29 is 53.4 Å². The molecule has 0 unspecified atom stereocenters. The fourth-order valence-corrected chi connectivity index (χ4v) is 7.21. The van der Waals surface area contributed by atoms with Gasteiger partial charge >= 0.3 is 5.97 Å². The van der Waals surface area contributed by atoms with E-state index in [0.29, 0.717) is 17.5 Å². The first-order valence-electron chi connectivity index (χ1n) is 23.5. The molecule has 0 saturated carbocycles. The first-order chi connectivity index (χ1) is 32.5. The SMILES string of the molecule is CC[C@H](C)[C@H](NC(=O)CN)C(=O)NCC(=O)N[C@@H](CC(C)C)C(=O)N[C@@H](Cc1ccccc1)C(=O)N[C@H](C(=O)N[C@@H](Cc1ccccc1)C(=O)N[C@H](C(=O)N[C@@H](CC(C)C)C(=O)O)[C@@H](C)O)C(C)C. The quantitative estimate of drug-likeness (QED) is 0.0521. The molecule has 0 spiro atoms. The molecule has 2 rings (SSSR count). The highest BCUT2D eigenvalue weighted by Gasteiger charge is 2.36. The Morgan fingerprint density at radius 3 is 1.38 bits per heavy atom. The highest BCUT2D eigenvalue weighted by Crippen LogP contribution is 2.13. The highest BCUT2D eigenvalue weighted by atomic mass is 16.4. The van der Waals surface area contributed by atoms with E-state index in [-0.39, 0.29) is 50.0 Å². The smallest absolute Gasteiger partial charge is 0.326 e. The summed E-state index contributed by atoms with van der Waals surface area (Å²) < 4.78 is 0. The van der Waals surface area contributed by atoms with E-state index in [9.17, 15) is 53.4 Å². The molecule has 2 aromatic rings. The Bertz CT molecular complexity index is 2020. The second-order valence-corrected chi connectivity index (χ2v) is 18.6. The summed E-state index contributed by atoms with van der Waals surface area (Å²) in [4.78, 5) is 120. The van der Waals surface area contributed by atoms with Crippen molar-refractivity contribution in [3.63, 3.8) is 0 Å². The van der Waals surface area contributed by atoms with Crippen LogP contribution in [0.25, 0.3) is 0 Å². The molecule has 0 aromatic heterocycles. The summed E-state index contributed by atoms with van der Waals surface area (Å²) in [5.41, 5.74) is 6.70. The van der Waals surface area contributed by atoms with Crippen LogP contribution in [0, 0.1) is 23.7 Å². The molecule has 0 aliphatic carbocycles. The molecule has 12 N–H and O–H groups in total. The lowest BCUT2D eigenvalue weighted by molar-refractivity contribution is -0.143. The van der Waals surface area contributed by atoms with E-state index < -0.39 is 114 Å². The molecule has 8 amide bonds. The van der Waals surface area contributed by atoms with Crippen molar-refractivity contribution in [2.45, 2.75) is 143 Å². The van der Waals surface area contributed by atoms with Gasteiger partial charge in [0.15, 0.2) is 0 Å². The van der Waals surface area contributed by atoms with Crippen LogP contribution in [0.3, 0.4) is 0 Å². The van der Waals surface area contributed by atoms with Crippen LogP contribution in [-0.4, -0.2) is 125 Å². The van der Waals surface area contributed by atoms with Gasteiger partial charge in [-0.25, -0.2) is 4.79 Å². The Labute approximate surface area is 405 Å². The number of aliphatic carboxylic acids is 1. The van der Waals surface area contributed by atoms with Crippen molar-refractivity contribution in [1.29, 1.82) is 0 Å². The molecule has 69 heavy (non-hydrogen) atoms. The minimum absolute atomic E-state index is 0.0312. The monoisotopic (exact) mass is 966 g/mol. The Morgan fingerprint density at radius 2 is 0.942 bits per heavy atom. The topological polar surface area (TPSA) is 316 Å². The molecule has 0 aliphatic heterocycles. The zero-order valence-corrected chi connectivity index (χ0v) is 41.3. The molecule has 9 atom stereocenters. The van der Waals surface area contributed by atoms with Crippen LogP contribution >= 0.6 is 0 Å². The number of rotatable bonds is 29. The van der Waals surface area contributed by atoms with E-state index in [1.807, 2.05) is 20.8 Å². The maximum atomic E-state index is 14.3. The Balaban J connectivity index is 2.40. The maximum Gasteiger partial charge on any atom is 0.326 e. The summed E-state index contributed by atoms with van der Waals surface area (Å²) in [6.45, 7) is 14.5. The highest BCUT2D eigenvalue weighted by molar-refractivity contribution is 5.98. The van der Waals surface area contributed by atoms with Crippen molar-refractivity contribution in [3.05, 3.63) is 71.8 Å². The number of benzene rings is 2. The number of carbonyl (C=O) groups is 9. The number of aliphatic hydroxyl groups is 1. The van der Waals surface area contributed by atoms with Gasteiger partial charge in [0.2, 0.25) is 47.3 Å². The van der Waals surface area contributed by atoms with E-state index in [4.69, 9.17) is 5.73 Å². The Kier molecular flexibility index (Phi) is 25.1. The van der Waals surface area contributed by atoms with Crippen molar-refractivity contribution in [2.75, 3.05) is 13.1 Å². The molecule has 0 aliphatic rings. The molecule has 20 heteroatoms.